The highest BCUT2D eigenvalue weighted by atomic mass is 16.5. The van der Waals surface area contributed by atoms with Crippen molar-refractivity contribution in [2.75, 3.05) is 26.7 Å². The molecule has 1 aromatic rings. The fourth-order valence-corrected chi connectivity index (χ4v) is 2.95. The van der Waals surface area contributed by atoms with Crippen LogP contribution in [-0.2, 0) is 9.53 Å². The summed E-state index contributed by atoms with van der Waals surface area (Å²) >= 11 is 0. The number of nitrogens with zero attached hydrogens (tertiary/aromatic N) is 3. The molecule has 0 spiro atoms. The van der Waals surface area contributed by atoms with E-state index in [1.165, 1.54) is 0 Å². The molecule has 0 N–H and O–H groups in total. The summed E-state index contributed by atoms with van der Waals surface area (Å²) in [4.78, 5) is 32.0. The number of fused-ring (bicyclic) bond motifs is 1. The van der Waals surface area contributed by atoms with E-state index in [0.717, 1.165) is 12.1 Å². The molecule has 0 radical (unpaired) electrons. The fraction of sp³-hybridized carbons (Fsp3) is 0.533. The van der Waals surface area contributed by atoms with Crippen LogP contribution in [0.5, 0.6) is 0 Å². The van der Waals surface area contributed by atoms with E-state index in [2.05, 4.69) is 4.98 Å². The molecule has 0 bridgehead atoms. The maximum Gasteiger partial charge on any atom is 0.272 e. The van der Waals surface area contributed by atoms with Crippen molar-refractivity contribution < 1.29 is 14.3 Å². The molecule has 0 aliphatic carbocycles. The van der Waals surface area contributed by atoms with E-state index in [0.29, 0.717) is 18.8 Å². The summed E-state index contributed by atoms with van der Waals surface area (Å²) in [5.74, 6) is -0.109. The number of rotatable bonds is 1. The molecule has 0 saturated carbocycles. The van der Waals surface area contributed by atoms with Gasteiger partial charge in [-0.1, -0.05) is 6.07 Å². The Hall–Kier alpha value is -1.95. The number of carbonyl (C=O) groups is 2. The molecule has 0 unspecified atom stereocenters. The Labute approximate surface area is 123 Å². The van der Waals surface area contributed by atoms with Crippen LogP contribution in [0.4, 0.5) is 0 Å². The number of ether oxygens (including phenoxy) is 1. The Morgan fingerprint density at radius 2 is 2.24 bits per heavy atom. The van der Waals surface area contributed by atoms with E-state index in [1.54, 1.807) is 22.9 Å². The zero-order chi connectivity index (χ0) is 15.0. The van der Waals surface area contributed by atoms with Crippen LogP contribution in [0.1, 0.15) is 22.6 Å². The highest BCUT2D eigenvalue weighted by Gasteiger charge is 2.40. The predicted molar refractivity (Wildman–Crippen MR) is 75.8 cm³/mol. The molecular formula is C15H19N3O3. The minimum absolute atomic E-state index is 0.0285. The molecule has 6 heteroatoms. The zero-order valence-electron chi connectivity index (χ0n) is 12.3. The number of carbonyl (C=O) groups excluding carboxylic acids is 2. The molecule has 2 atom stereocenters. The second-order valence-electron chi connectivity index (χ2n) is 5.63. The van der Waals surface area contributed by atoms with E-state index in [1.807, 2.05) is 19.1 Å². The predicted octanol–water partition coefficient (Wildman–Crippen LogP) is 0.462. The van der Waals surface area contributed by atoms with Crippen molar-refractivity contribution >= 4 is 11.8 Å². The summed E-state index contributed by atoms with van der Waals surface area (Å²) in [5.41, 5.74) is 1.28. The van der Waals surface area contributed by atoms with E-state index in [9.17, 15) is 9.59 Å². The molecule has 0 aromatic carbocycles. The van der Waals surface area contributed by atoms with Gasteiger partial charge in [0.05, 0.1) is 12.1 Å². The van der Waals surface area contributed by atoms with Gasteiger partial charge in [0.25, 0.3) is 5.91 Å². The van der Waals surface area contributed by atoms with Gasteiger partial charge >= 0.3 is 0 Å². The Morgan fingerprint density at radius 1 is 1.43 bits per heavy atom. The van der Waals surface area contributed by atoms with E-state index in [-0.39, 0.29) is 30.6 Å². The maximum absolute atomic E-state index is 12.5. The molecule has 2 amide bonds. The van der Waals surface area contributed by atoms with Crippen LogP contribution in [-0.4, -0.2) is 65.5 Å². The molecule has 2 fully saturated rings. The number of hydrogen-bond acceptors (Lipinski definition) is 4. The van der Waals surface area contributed by atoms with Gasteiger partial charge in [-0.15, -0.1) is 0 Å². The molecular weight excluding hydrogens is 270 g/mol. The van der Waals surface area contributed by atoms with E-state index >= 15 is 0 Å². The monoisotopic (exact) mass is 289 g/mol. The van der Waals surface area contributed by atoms with Crippen molar-refractivity contribution in [3.05, 3.63) is 29.6 Å². The first kappa shape index (κ1) is 14.0. The number of likely N-dealkylation sites (N-methyl/N-ethyl adjacent to an activating group) is 1. The van der Waals surface area contributed by atoms with Crippen molar-refractivity contribution in [3.8, 4) is 0 Å². The highest BCUT2D eigenvalue weighted by Crippen LogP contribution is 2.23. The largest absolute Gasteiger partial charge is 0.366 e. The number of amides is 2. The van der Waals surface area contributed by atoms with E-state index in [4.69, 9.17) is 4.74 Å². The number of pyridine rings is 1. The Morgan fingerprint density at radius 3 is 3.00 bits per heavy atom. The van der Waals surface area contributed by atoms with Crippen molar-refractivity contribution in [3.63, 3.8) is 0 Å². The first-order valence-corrected chi connectivity index (χ1v) is 7.16. The summed E-state index contributed by atoms with van der Waals surface area (Å²) < 4.78 is 5.57. The third kappa shape index (κ3) is 2.63. The average Bonchev–Trinajstić information content (AvgIpc) is 2.50. The standard InChI is InChI=1S/C15H19N3O3/c1-10-4-3-5-11(16-10)15(20)18-7-6-13-12(8-18)17(2)14(19)9-21-13/h3-5,12-13H,6-9H2,1-2H3/t12-,13+/m0/s1. The van der Waals surface area contributed by atoms with Crippen LogP contribution in [0.3, 0.4) is 0 Å². The quantitative estimate of drug-likeness (QED) is 0.753. The molecule has 112 valence electrons. The lowest BCUT2D eigenvalue weighted by Gasteiger charge is -2.45. The zero-order valence-corrected chi connectivity index (χ0v) is 12.3. The lowest BCUT2D eigenvalue weighted by Crippen LogP contribution is -2.61. The van der Waals surface area contributed by atoms with Gasteiger partial charge < -0.3 is 14.5 Å². The third-order valence-corrected chi connectivity index (χ3v) is 4.23. The molecule has 1 aromatic heterocycles. The number of morpholine rings is 1. The first-order chi connectivity index (χ1) is 10.1. The second-order valence-corrected chi connectivity index (χ2v) is 5.63. The summed E-state index contributed by atoms with van der Waals surface area (Å²) in [7, 11) is 1.78. The van der Waals surface area contributed by atoms with Crippen molar-refractivity contribution in [2.24, 2.45) is 0 Å². The molecule has 3 rings (SSSR count). The van der Waals surface area contributed by atoms with Gasteiger partial charge in [-0.2, -0.15) is 0 Å². The van der Waals surface area contributed by atoms with Gasteiger partial charge in [-0.3, -0.25) is 9.59 Å². The van der Waals surface area contributed by atoms with Crippen molar-refractivity contribution in [1.29, 1.82) is 0 Å². The number of aromatic nitrogens is 1. The van der Waals surface area contributed by atoms with Crippen LogP contribution < -0.4 is 0 Å². The summed E-state index contributed by atoms with van der Waals surface area (Å²) in [5, 5.41) is 0. The summed E-state index contributed by atoms with van der Waals surface area (Å²) in [6, 6.07) is 5.37. The SMILES string of the molecule is Cc1cccc(C(=O)N2CC[C@H]3OCC(=O)N(C)[C@H]3C2)n1. The van der Waals surface area contributed by atoms with Gasteiger partial charge in [0, 0.05) is 25.8 Å². The van der Waals surface area contributed by atoms with Gasteiger partial charge in [-0.05, 0) is 25.5 Å². The van der Waals surface area contributed by atoms with Crippen LogP contribution >= 0.6 is 0 Å². The van der Waals surface area contributed by atoms with Gasteiger partial charge in [-0.25, -0.2) is 4.98 Å². The second kappa shape index (κ2) is 5.44. The number of piperidine rings is 1. The minimum Gasteiger partial charge on any atom is -0.366 e. The topological polar surface area (TPSA) is 62.7 Å². The average molecular weight is 289 g/mol. The van der Waals surface area contributed by atoms with Crippen LogP contribution in [0.2, 0.25) is 0 Å². The van der Waals surface area contributed by atoms with Crippen LogP contribution in [0.15, 0.2) is 18.2 Å². The maximum atomic E-state index is 12.5. The molecule has 2 aliphatic rings. The minimum atomic E-state index is -0.0800. The molecule has 21 heavy (non-hydrogen) atoms. The normalized spacial score (nSPS) is 25.7. The van der Waals surface area contributed by atoms with Crippen LogP contribution in [0, 0.1) is 6.92 Å². The Bertz CT molecular complexity index is 575. The van der Waals surface area contributed by atoms with Gasteiger partial charge in [0.1, 0.15) is 12.3 Å². The Kier molecular flexibility index (Phi) is 3.63. The Balaban J connectivity index is 1.75. The fourth-order valence-electron chi connectivity index (χ4n) is 2.95. The van der Waals surface area contributed by atoms with Crippen molar-refractivity contribution in [1.82, 2.24) is 14.8 Å². The smallest absolute Gasteiger partial charge is 0.272 e. The first-order valence-electron chi connectivity index (χ1n) is 7.16. The highest BCUT2D eigenvalue weighted by molar-refractivity contribution is 5.92. The number of hydrogen-bond donors (Lipinski definition) is 0. The van der Waals surface area contributed by atoms with Gasteiger partial charge in [0.15, 0.2) is 0 Å². The molecule has 2 aliphatic heterocycles. The summed E-state index contributed by atoms with van der Waals surface area (Å²) in [6.07, 6.45) is 0.780. The summed E-state index contributed by atoms with van der Waals surface area (Å²) in [6.45, 7) is 3.15. The van der Waals surface area contributed by atoms with Gasteiger partial charge in [0.2, 0.25) is 5.91 Å². The van der Waals surface area contributed by atoms with Crippen molar-refractivity contribution in [2.45, 2.75) is 25.5 Å². The lowest BCUT2D eigenvalue weighted by atomic mass is 9.98. The molecule has 6 nitrogen and oxygen atoms in total. The lowest BCUT2D eigenvalue weighted by molar-refractivity contribution is -0.159. The third-order valence-electron chi connectivity index (χ3n) is 4.23. The molecule has 3 heterocycles. The van der Waals surface area contributed by atoms with E-state index < -0.39 is 0 Å². The van der Waals surface area contributed by atoms with Crippen LogP contribution in [0.25, 0.3) is 0 Å². The molecule has 2 saturated heterocycles. The number of aryl methyl sites for hydroxylation is 1. The number of likely N-dealkylation sites (tertiary alicyclic amines) is 1.